The molecule has 3 aromatic rings. The monoisotopic (exact) mass is 390 g/mol. The number of para-hydroxylation sites is 1. The highest BCUT2D eigenvalue weighted by Gasteiger charge is 2.18. The smallest absolute Gasteiger partial charge is 0.237 e. The van der Waals surface area contributed by atoms with E-state index in [0.717, 1.165) is 40.7 Å². The number of rotatable bonds is 6. The first-order chi connectivity index (χ1) is 12.2. The molecule has 138 valence electrons. The molecule has 1 aromatic carbocycles. The second kappa shape index (κ2) is 8.20. The van der Waals surface area contributed by atoms with Gasteiger partial charge in [-0.1, -0.05) is 18.2 Å². The predicted molar refractivity (Wildman–Crippen MR) is 108 cm³/mol. The number of thiazole rings is 1. The van der Waals surface area contributed by atoms with Gasteiger partial charge < -0.3 is 16.0 Å². The fraction of sp³-hybridized carbons (Fsp3) is 0.368. The SMILES string of the molecule is Cl.N[C@H](Cc1c[nH]c2ccccc12)C(=O)NCCc1nc2c(s1)CCC2. The molecule has 26 heavy (non-hydrogen) atoms. The van der Waals surface area contributed by atoms with Crippen LogP contribution in [0.1, 0.15) is 27.6 Å². The molecule has 0 saturated carbocycles. The molecule has 4 N–H and O–H groups in total. The Morgan fingerprint density at radius 1 is 1.35 bits per heavy atom. The Balaban J connectivity index is 0.00000196. The number of halogens is 1. The third-order valence-corrected chi connectivity index (χ3v) is 5.95. The van der Waals surface area contributed by atoms with Crippen LogP contribution in [-0.4, -0.2) is 28.5 Å². The minimum absolute atomic E-state index is 0. The summed E-state index contributed by atoms with van der Waals surface area (Å²) in [7, 11) is 0. The van der Waals surface area contributed by atoms with Crippen LogP contribution in [0.25, 0.3) is 10.9 Å². The molecule has 0 aliphatic heterocycles. The number of benzene rings is 1. The van der Waals surface area contributed by atoms with E-state index in [2.05, 4.69) is 15.3 Å². The number of hydrogen-bond acceptors (Lipinski definition) is 4. The lowest BCUT2D eigenvalue weighted by molar-refractivity contribution is -0.122. The Bertz CT molecular complexity index is 882. The zero-order chi connectivity index (χ0) is 17.2. The molecule has 5 nitrogen and oxygen atoms in total. The van der Waals surface area contributed by atoms with E-state index in [1.807, 2.05) is 30.5 Å². The van der Waals surface area contributed by atoms with Gasteiger partial charge in [-0.05, 0) is 37.3 Å². The molecule has 1 amide bonds. The molecule has 1 atom stereocenters. The number of carbonyl (C=O) groups excluding carboxylic acids is 1. The van der Waals surface area contributed by atoms with Crippen molar-refractivity contribution < 1.29 is 4.79 Å². The van der Waals surface area contributed by atoms with Crippen molar-refractivity contribution in [3.63, 3.8) is 0 Å². The van der Waals surface area contributed by atoms with Crippen molar-refractivity contribution in [2.75, 3.05) is 6.54 Å². The summed E-state index contributed by atoms with van der Waals surface area (Å²) in [6.45, 7) is 0.590. The maximum Gasteiger partial charge on any atom is 0.237 e. The van der Waals surface area contributed by atoms with Crippen LogP contribution in [0.2, 0.25) is 0 Å². The van der Waals surface area contributed by atoms with Crippen molar-refractivity contribution in [2.45, 2.75) is 38.1 Å². The topological polar surface area (TPSA) is 83.8 Å². The highest BCUT2D eigenvalue weighted by atomic mass is 35.5. The van der Waals surface area contributed by atoms with Crippen LogP contribution in [0.3, 0.4) is 0 Å². The first kappa shape index (κ1) is 18.9. The van der Waals surface area contributed by atoms with Gasteiger partial charge in [0.2, 0.25) is 5.91 Å². The Morgan fingerprint density at radius 3 is 3.04 bits per heavy atom. The molecule has 4 rings (SSSR count). The third-order valence-electron chi connectivity index (χ3n) is 4.73. The second-order valence-corrected chi connectivity index (χ2v) is 7.71. The molecule has 0 bridgehead atoms. The zero-order valence-corrected chi connectivity index (χ0v) is 16.1. The largest absolute Gasteiger partial charge is 0.361 e. The van der Waals surface area contributed by atoms with Crippen molar-refractivity contribution in [1.29, 1.82) is 0 Å². The number of carbonyl (C=O) groups is 1. The molecule has 0 radical (unpaired) electrons. The van der Waals surface area contributed by atoms with Crippen LogP contribution >= 0.6 is 23.7 Å². The summed E-state index contributed by atoms with van der Waals surface area (Å²) in [5.41, 5.74) is 9.51. The number of hydrogen-bond donors (Lipinski definition) is 3. The van der Waals surface area contributed by atoms with E-state index in [4.69, 9.17) is 5.73 Å². The van der Waals surface area contributed by atoms with Crippen LogP contribution in [-0.2, 0) is 30.5 Å². The summed E-state index contributed by atoms with van der Waals surface area (Å²) in [6.07, 6.45) is 6.75. The van der Waals surface area contributed by atoms with Crippen LogP contribution in [0.5, 0.6) is 0 Å². The van der Waals surface area contributed by atoms with E-state index in [0.29, 0.717) is 13.0 Å². The van der Waals surface area contributed by atoms with Gasteiger partial charge in [0.15, 0.2) is 0 Å². The standard InChI is InChI=1S/C19H22N4OS.ClH/c20-14(10-12-11-22-15-5-2-1-4-13(12)15)19(24)21-9-8-18-23-16-6-3-7-17(16)25-18;/h1-2,4-5,11,14,22H,3,6-10,20H2,(H,21,24);1H/t14-;/m1./s1. The average molecular weight is 391 g/mol. The molecule has 0 spiro atoms. The molecule has 2 heterocycles. The summed E-state index contributed by atoms with van der Waals surface area (Å²) < 4.78 is 0. The number of aromatic amines is 1. The van der Waals surface area contributed by atoms with Gasteiger partial charge in [0.25, 0.3) is 0 Å². The van der Waals surface area contributed by atoms with Gasteiger partial charge in [0.05, 0.1) is 16.7 Å². The molecule has 0 saturated heterocycles. The molecule has 2 aromatic heterocycles. The highest BCUT2D eigenvalue weighted by Crippen LogP contribution is 2.27. The van der Waals surface area contributed by atoms with Crippen LogP contribution in [0.15, 0.2) is 30.5 Å². The quantitative estimate of drug-likeness (QED) is 0.605. The van der Waals surface area contributed by atoms with Crippen LogP contribution < -0.4 is 11.1 Å². The number of fused-ring (bicyclic) bond motifs is 2. The van der Waals surface area contributed by atoms with E-state index < -0.39 is 6.04 Å². The number of aryl methyl sites for hydroxylation is 2. The Labute approximate surface area is 162 Å². The number of nitrogens with two attached hydrogens (primary N) is 1. The van der Waals surface area contributed by atoms with E-state index in [9.17, 15) is 4.79 Å². The minimum Gasteiger partial charge on any atom is -0.361 e. The molecular formula is C19H23ClN4OS. The summed E-state index contributed by atoms with van der Waals surface area (Å²) in [5, 5.41) is 5.20. The molecule has 1 aliphatic carbocycles. The fourth-order valence-corrected chi connectivity index (χ4v) is 4.56. The van der Waals surface area contributed by atoms with E-state index in [-0.39, 0.29) is 18.3 Å². The van der Waals surface area contributed by atoms with Crippen LogP contribution in [0.4, 0.5) is 0 Å². The van der Waals surface area contributed by atoms with Crippen molar-refractivity contribution in [1.82, 2.24) is 15.3 Å². The molecule has 1 aliphatic rings. The number of nitrogens with zero attached hydrogens (tertiary/aromatic N) is 1. The van der Waals surface area contributed by atoms with Gasteiger partial charge in [-0.2, -0.15) is 0 Å². The number of nitrogens with one attached hydrogen (secondary N) is 2. The van der Waals surface area contributed by atoms with Crippen molar-refractivity contribution in [3.05, 3.63) is 51.6 Å². The maximum absolute atomic E-state index is 12.3. The van der Waals surface area contributed by atoms with Crippen molar-refractivity contribution in [2.24, 2.45) is 5.73 Å². The van der Waals surface area contributed by atoms with Gasteiger partial charge in [0, 0.05) is 34.9 Å². The van der Waals surface area contributed by atoms with E-state index in [1.54, 1.807) is 11.3 Å². The van der Waals surface area contributed by atoms with Gasteiger partial charge >= 0.3 is 0 Å². The van der Waals surface area contributed by atoms with E-state index >= 15 is 0 Å². The summed E-state index contributed by atoms with van der Waals surface area (Å²) in [5.74, 6) is -0.102. The fourth-order valence-electron chi connectivity index (χ4n) is 3.40. The lowest BCUT2D eigenvalue weighted by atomic mass is 10.1. The molecule has 0 unspecified atom stereocenters. The lowest BCUT2D eigenvalue weighted by Gasteiger charge is -2.11. The van der Waals surface area contributed by atoms with Gasteiger partial charge in [-0.25, -0.2) is 4.98 Å². The normalized spacial score (nSPS) is 14.0. The van der Waals surface area contributed by atoms with Gasteiger partial charge in [0.1, 0.15) is 0 Å². The molecule has 0 fully saturated rings. The Hall–Kier alpha value is -1.89. The number of amides is 1. The number of H-pyrrole nitrogens is 1. The first-order valence-corrected chi connectivity index (χ1v) is 9.58. The molecular weight excluding hydrogens is 368 g/mol. The van der Waals surface area contributed by atoms with Crippen molar-refractivity contribution >= 4 is 40.6 Å². The zero-order valence-electron chi connectivity index (χ0n) is 14.5. The lowest BCUT2D eigenvalue weighted by Crippen LogP contribution is -2.42. The van der Waals surface area contributed by atoms with Crippen molar-refractivity contribution in [3.8, 4) is 0 Å². The second-order valence-electron chi connectivity index (χ2n) is 6.54. The maximum atomic E-state index is 12.3. The Kier molecular flexibility index (Phi) is 5.96. The molecule has 7 heteroatoms. The van der Waals surface area contributed by atoms with Gasteiger partial charge in [-0.15, -0.1) is 23.7 Å². The predicted octanol–water partition coefficient (Wildman–Crippen LogP) is 2.76. The number of aromatic nitrogens is 2. The minimum atomic E-state index is -0.541. The average Bonchev–Trinajstić information content (AvgIpc) is 3.30. The van der Waals surface area contributed by atoms with Gasteiger partial charge in [-0.3, -0.25) is 4.79 Å². The summed E-state index contributed by atoms with van der Waals surface area (Å²) in [4.78, 5) is 21.6. The Morgan fingerprint density at radius 2 is 2.19 bits per heavy atom. The summed E-state index contributed by atoms with van der Waals surface area (Å²) >= 11 is 1.79. The van der Waals surface area contributed by atoms with Crippen LogP contribution in [0, 0.1) is 0 Å². The first-order valence-electron chi connectivity index (χ1n) is 8.76. The summed E-state index contributed by atoms with van der Waals surface area (Å²) in [6, 6.07) is 7.52. The highest BCUT2D eigenvalue weighted by molar-refractivity contribution is 7.11. The van der Waals surface area contributed by atoms with E-state index in [1.165, 1.54) is 17.0 Å². The third kappa shape index (κ3) is 3.92.